The van der Waals surface area contributed by atoms with Gasteiger partial charge in [0.2, 0.25) is 0 Å². The second kappa shape index (κ2) is 9.63. The molecule has 0 spiro atoms. The molecule has 0 bridgehead atoms. The van der Waals surface area contributed by atoms with Gasteiger partial charge in [-0.3, -0.25) is 14.5 Å². The van der Waals surface area contributed by atoms with Crippen molar-refractivity contribution in [1.82, 2.24) is 9.38 Å². The summed E-state index contributed by atoms with van der Waals surface area (Å²) < 4.78 is 13.2. The van der Waals surface area contributed by atoms with E-state index < -0.39 is 23.6 Å². The minimum absolute atomic E-state index is 0.326. The Hall–Kier alpha value is -4.56. The van der Waals surface area contributed by atoms with Crippen LogP contribution in [-0.2, 0) is 14.9 Å². The molecule has 2 N–H and O–H groups in total. The molecule has 1 fully saturated rings. The number of nitrogens with one attached hydrogen (secondary N) is 1. The molecule has 0 radical (unpaired) electrons. The van der Waals surface area contributed by atoms with Crippen molar-refractivity contribution < 1.29 is 23.8 Å². The van der Waals surface area contributed by atoms with Crippen LogP contribution in [0.2, 0.25) is 5.02 Å². The lowest BCUT2D eigenvalue weighted by atomic mass is 9.93. The Labute approximate surface area is 228 Å². The van der Waals surface area contributed by atoms with E-state index in [0.717, 1.165) is 22.3 Å². The van der Waals surface area contributed by atoms with Gasteiger partial charge in [0.1, 0.15) is 6.10 Å². The van der Waals surface area contributed by atoms with Gasteiger partial charge in [-0.2, -0.15) is 0 Å². The van der Waals surface area contributed by atoms with Gasteiger partial charge in [0.15, 0.2) is 11.6 Å². The molecule has 1 unspecified atom stereocenters. The zero-order chi connectivity index (χ0) is 27.1. The first-order valence-electron chi connectivity index (χ1n) is 12.5. The summed E-state index contributed by atoms with van der Waals surface area (Å²) in [4.78, 5) is 28.7. The maximum Gasteiger partial charge on any atom is 0.413 e. The van der Waals surface area contributed by atoms with Crippen molar-refractivity contribution in [1.29, 1.82) is 0 Å². The number of hydrogen-bond donors (Lipinski definition) is 2. The first kappa shape index (κ1) is 24.8. The van der Waals surface area contributed by atoms with Gasteiger partial charge in [-0.05, 0) is 42.5 Å². The molecular formula is C30H24ClN3O5. The second-order valence-corrected chi connectivity index (χ2v) is 10.0. The van der Waals surface area contributed by atoms with E-state index in [4.69, 9.17) is 20.8 Å². The van der Waals surface area contributed by atoms with Gasteiger partial charge in [0.05, 0.1) is 5.41 Å². The average Bonchev–Trinajstić information content (AvgIpc) is 3.52. The average molecular weight is 542 g/mol. The number of fused-ring (bicyclic) bond motifs is 1. The van der Waals surface area contributed by atoms with Gasteiger partial charge in [-0.15, -0.1) is 0 Å². The summed E-state index contributed by atoms with van der Waals surface area (Å²) in [5.41, 5.74) is 3.47. The minimum Gasteiger partial charge on any atom is -0.481 e. The Morgan fingerprint density at radius 2 is 1.67 bits per heavy atom. The summed E-state index contributed by atoms with van der Waals surface area (Å²) in [5, 5.41) is 12.9. The van der Waals surface area contributed by atoms with Crippen LogP contribution in [0.4, 0.5) is 10.6 Å². The van der Waals surface area contributed by atoms with Crippen molar-refractivity contribution in [2.24, 2.45) is 0 Å². The van der Waals surface area contributed by atoms with Crippen LogP contribution in [0.1, 0.15) is 37.0 Å². The fourth-order valence-electron chi connectivity index (χ4n) is 4.80. The van der Waals surface area contributed by atoms with E-state index in [1.54, 1.807) is 29.8 Å². The summed E-state index contributed by atoms with van der Waals surface area (Å²) in [6, 6.07) is 22.5. The fraction of sp³-hybridized carbons (Fsp3) is 0.167. The number of oxazole rings is 1. The highest BCUT2D eigenvalue weighted by molar-refractivity contribution is 6.31. The van der Waals surface area contributed by atoms with Gasteiger partial charge in [0.25, 0.3) is 0 Å². The Balaban J connectivity index is 1.23. The van der Waals surface area contributed by atoms with Crippen molar-refractivity contribution in [3.8, 4) is 22.5 Å². The van der Waals surface area contributed by atoms with Crippen LogP contribution in [0.3, 0.4) is 0 Å². The zero-order valence-electron chi connectivity index (χ0n) is 20.9. The summed E-state index contributed by atoms with van der Waals surface area (Å²) >= 11 is 6.25. The number of nitrogens with zero attached hydrogens (tertiary/aromatic N) is 2. The van der Waals surface area contributed by atoms with Gasteiger partial charge in [0, 0.05) is 28.5 Å². The first-order valence-corrected chi connectivity index (χ1v) is 12.9. The number of carboxylic acid groups (broad SMARTS) is 1. The Morgan fingerprint density at radius 3 is 2.31 bits per heavy atom. The number of hydrogen-bond acceptors (Lipinski definition) is 5. The Kier molecular flexibility index (Phi) is 6.12. The number of carbonyl (C=O) groups excluding carboxylic acids is 1. The van der Waals surface area contributed by atoms with Crippen molar-refractivity contribution in [2.45, 2.75) is 31.3 Å². The normalized spacial score (nSPS) is 14.6. The van der Waals surface area contributed by atoms with E-state index in [0.29, 0.717) is 40.8 Å². The quantitative estimate of drug-likeness (QED) is 0.223. The molecule has 8 nitrogen and oxygen atoms in total. The molecule has 39 heavy (non-hydrogen) atoms. The van der Waals surface area contributed by atoms with Crippen molar-refractivity contribution in [3.63, 3.8) is 0 Å². The SMILES string of the molecule is CC(OC(=O)Nc1c(-c2ccc(-c3ccc(C4(C(=O)O)CC4)cc3)cc2)oc2nccn12)c1ccccc1Cl. The highest BCUT2D eigenvalue weighted by atomic mass is 35.5. The van der Waals surface area contributed by atoms with E-state index in [1.807, 2.05) is 66.7 Å². The number of rotatable bonds is 7. The molecule has 196 valence electrons. The standard InChI is InChI=1S/C30H24ClN3O5/c1-18(23-4-2-3-5-24(23)31)38-29(37)33-26-25(39-28-32-16-17-34(26)28)21-8-6-19(7-9-21)20-10-12-22(13-11-20)30(14-15-30)27(35)36/h2-13,16-18H,14-15H2,1H3,(H,33,37)(H,35,36). The number of halogens is 1. The number of ether oxygens (including phenoxy) is 1. The predicted octanol–water partition coefficient (Wildman–Crippen LogP) is 7.34. The lowest BCUT2D eigenvalue weighted by Gasteiger charge is -2.15. The van der Waals surface area contributed by atoms with Gasteiger partial charge in [-0.25, -0.2) is 9.78 Å². The number of carbonyl (C=O) groups is 2. The molecule has 5 aromatic rings. The van der Waals surface area contributed by atoms with Crippen LogP contribution < -0.4 is 5.32 Å². The lowest BCUT2D eigenvalue weighted by Crippen LogP contribution is -2.19. The van der Waals surface area contributed by atoms with Crippen molar-refractivity contribution >= 4 is 35.3 Å². The number of aromatic nitrogens is 2. The van der Waals surface area contributed by atoms with Gasteiger partial charge in [-0.1, -0.05) is 78.3 Å². The number of imidazole rings is 1. The number of carboxylic acids is 1. The topological polar surface area (TPSA) is 106 Å². The summed E-state index contributed by atoms with van der Waals surface area (Å²) in [6.07, 6.45) is 3.39. The molecular weight excluding hydrogens is 518 g/mol. The molecule has 2 heterocycles. The molecule has 0 saturated heterocycles. The molecule has 0 aliphatic heterocycles. The van der Waals surface area contributed by atoms with E-state index in [1.165, 1.54) is 0 Å². The third kappa shape index (κ3) is 4.53. The molecule has 1 atom stereocenters. The Bertz CT molecular complexity index is 1680. The van der Waals surface area contributed by atoms with Crippen molar-refractivity contribution in [2.75, 3.05) is 5.32 Å². The first-order chi connectivity index (χ1) is 18.9. The van der Waals surface area contributed by atoms with Gasteiger partial charge >= 0.3 is 17.9 Å². The van der Waals surface area contributed by atoms with Crippen LogP contribution in [0, 0.1) is 0 Å². The van der Waals surface area contributed by atoms with E-state index >= 15 is 0 Å². The van der Waals surface area contributed by atoms with Crippen LogP contribution >= 0.6 is 11.6 Å². The fourth-order valence-corrected chi connectivity index (χ4v) is 5.09. The predicted molar refractivity (Wildman–Crippen MR) is 147 cm³/mol. The minimum atomic E-state index is -0.768. The monoisotopic (exact) mass is 541 g/mol. The second-order valence-electron chi connectivity index (χ2n) is 9.60. The summed E-state index contributed by atoms with van der Waals surface area (Å²) in [7, 11) is 0. The highest BCUT2D eigenvalue weighted by Crippen LogP contribution is 2.48. The molecule has 6 rings (SSSR count). The molecule has 3 aromatic carbocycles. The Morgan fingerprint density at radius 1 is 1.03 bits per heavy atom. The maximum absolute atomic E-state index is 12.8. The van der Waals surface area contributed by atoms with Crippen LogP contribution in [0.25, 0.3) is 28.3 Å². The number of anilines is 1. The maximum atomic E-state index is 12.8. The molecule has 1 amide bonds. The largest absolute Gasteiger partial charge is 0.481 e. The smallest absolute Gasteiger partial charge is 0.413 e. The molecule has 9 heteroatoms. The summed E-state index contributed by atoms with van der Waals surface area (Å²) in [5.74, 6) is 0.376. The van der Waals surface area contributed by atoms with Crippen molar-refractivity contribution in [3.05, 3.63) is 101 Å². The highest BCUT2D eigenvalue weighted by Gasteiger charge is 2.51. The van der Waals surface area contributed by atoms with Gasteiger partial charge < -0.3 is 14.3 Å². The molecule has 1 saturated carbocycles. The summed E-state index contributed by atoms with van der Waals surface area (Å²) in [6.45, 7) is 1.75. The number of benzene rings is 3. The van der Waals surface area contributed by atoms with E-state index in [9.17, 15) is 14.7 Å². The van der Waals surface area contributed by atoms with E-state index in [-0.39, 0.29) is 0 Å². The zero-order valence-corrected chi connectivity index (χ0v) is 21.7. The molecule has 1 aliphatic rings. The number of amides is 1. The lowest BCUT2D eigenvalue weighted by molar-refractivity contribution is -0.140. The molecule has 1 aliphatic carbocycles. The van der Waals surface area contributed by atoms with Crippen LogP contribution in [0.15, 0.2) is 89.6 Å². The van der Waals surface area contributed by atoms with E-state index in [2.05, 4.69) is 10.3 Å². The molecule has 2 aromatic heterocycles. The van der Waals surface area contributed by atoms with Crippen LogP contribution in [0.5, 0.6) is 0 Å². The van der Waals surface area contributed by atoms with Crippen LogP contribution in [-0.4, -0.2) is 26.6 Å². The third-order valence-electron chi connectivity index (χ3n) is 7.18. The number of aliphatic carboxylic acids is 1. The third-order valence-corrected chi connectivity index (χ3v) is 7.53.